The highest BCUT2D eigenvalue weighted by Crippen LogP contribution is 2.37. The maximum absolute atomic E-state index is 12.6. The minimum Gasteiger partial charge on any atom is -0.495 e. The number of amides is 2. The number of aldehydes is 1. The standard InChI is InChI=1S/C25H33N3O3.C18H27N3O3.C7H6O.2C2H6.3CH4/c1-18-11-12-24(30-2)23(13-18)27-25(29)31-22-14-20-9-6-10-21(15-22)28(20)17-26-16-19-7-4-3-5-8-19;1-12-6-7-17(23-2)16(8-12)20-18(22)24-15-9-13-4-3-5-14(10-15)21(13)11-19;8-6-7-4-2-1-3-5-7;2*1-2;;;/h3-5,7-8,11-13,20-22,26H,6,9-10,14-17H2,1-2H3,(H,27,29);6-8,13-15H,3-5,9-11,19H2,1-2H3,(H,20,22);1-6H;2*1-2H3;3*1H4. The number of benzene rings is 4. The van der Waals surface area contributed by atoms with Crippen LogP contribution in [0, 0.1) is 13.8 Å². The Kier molecular flexibility index (Phi) is 30.3. The third kappa shape index (κ3) is 19.4. The maximum atomic E-state index is 12.6. The van der Waals surface area contributed by atoms with Crippen molar-refractivity contribution in [1.82, 2.24) is 15.1 Å². The third-order valence-corrected chi connectivity index (χ3v) is 12.5. The lowest BCUT2D eigenvalue weighted by Gasteiger charge is -2.48. The Hall–Kier alpha value is -5.47. The van der Waals surface area contributed by atoms with Crippen molar-refractivity contribution in [2.45, 2.75) is 171 Å². The fourth-order valence-electron chi connectivity index (χ4n) is 9.48. The van der Waals surface area contributed by atoms with E-state index in [4.69, 9.17) is 24.7 Å². The summed E-state index contributed by atoms with van der Waals surface area (Å²) in [5, 5.41) is 9.28. The summed E-state index contributed by atoms with van der Waals surface area (Å²) < 4.78 is 22.2. The van der Waals surface area contributed by atoms with Gasteiger partial charge in [-0.2, -0.15) is 0 Å². The van der Waals surface area contributed by atoms with E-state index in [1.807, 2.05) is 102 Å². The summed E-state index contributed by atoms with van der Waals surface area (Å²) in [7, 11) is 3.19. The van der Waals surface area contributed by atoms with E-state index in [0.717, 1.165) is 87.6 Å². The summed E-state index contributed by atoms with van der Waals surface area (Å²) in [6.07, 6.45) is 10.5. The van der Waals surface area contributed by atoms with E-state index in [9.17, 15) is 14.4 Å². The minimum absolute atomic E-state index is 0. The van der Waals surface area contributed by atoms with Gasteiger partial charge in [0, 0.05) is 75.3 Å². The van der Waals surface area contributed by atoms with Gasteiger partial charge in [-0.25, -0.2) is 9.59 Å². The van der Waals surface area contributed by atoms with Crippen LogP contribution in [0.4, 0.5) is 21.0 Å². The van der Waals surface area contributed by atoms with Crippen molar-refractivity contribution in [1.29, 1.82) is 0 Å². The van der Waals surface area contributed by atoms with Gasteiger partial charge in [-0.15, -0.1) is 0 Å². The number of nitrogens with zero attached hydrogens (tertiary/aromatic N) is 2. The Morgan fingerprint density at radius 2 is 1.01 bits per heavy atom. The van der Waals surface area contributed by atoms with Crippen molar-refractivity contribution >= 4 is 29.8 Å². The molecule has 0 saturated carbocycles. The van der Waals surface area contributed by atoms with Crippen molar-refractivity contribution in [3.63, 3.8) is 0 Å². The maximum Gasteiger partial charge on any atom is 0.412 e. The molecular weight excluding hydrogens is 881 g/mol. The summed E-state index contributed by atoms with van der Waals surface area (Å²) in [5.74, 6) is 1.27. The molecule has 0 aromatic heterocycles. The lowest BCUT2D eigenvalue weighted by Crippen LogP contribution is -2.56. The molecule has 13 nitrogen and oxygen atoms in total. The lowest BCUT2D eigenvalue weighted by atomic mass is 9.83. The van der Waals surface area contributed by atoms with Crippen LogP contribution in [0.15, 0.2) is 97.1 Å². The minimum atomic E-state index is -0.414. The highest BCUT2D eigenvalue weighted by Gasteiger charge is 2.40. The first-order valence-corrected chi connectivity index (χ1v) is 24.4. The summed E-state index contributed by atoms with van der Waals surface area (Å²) in [5.41, 5.74) is 11.3. The molecule has 0 radical (unpaired) electrons. The van der Waals surface area contributed by atoms with E-state index in [1.54, 1.807) is 26.4 Å². The molecule has 0 spiro atoms. The molecule has 4 fully saturated rings. The number of carbonyl (C=O) groups excluding carboxylic acids is 3. The van der Waals surface area contributed by atoms with E-state index in [0.29, 0.717) is 53.7 Å². The number of hydrogen-bond donors (Lipinski definition) is 4. The molecule has 2 amide bonds. The molecule has 4 aromatic rings. The van der Waals surface area contributed by atoms with Gasteiger partial charge in [-0.3, -0.25) is 25.2 Å². The predicted octanol–water partition coefficient (Wildman–Crippen LogP) is 13.0. The van der Waals surface area contributed by atoms with Crippen LogP contribution >= 0.6 is 0 Å². The third-order valence-electron chi connectivity index (χ3n) is 12.5. The normalized spacial score (nSPS) is 20.6. The summed E-state index contributed by atoms with van der Waals surface area (Å²) in [4.78, 5) is 39.8. The van der Waals surface area contributed by atoms with Crippen LogP contribution in [0.1, 0.15) is 141 Å². The van der Waals surface area contributed by atoms with E-state index >= 15 is 0 Å². The molecule has 4 bridgehead atoms. The zero-order valence-corrected chi connectivity index (χ0v) is 41.3. The zero-order chi connectivity index (χ0) is 48.6. The Balaban J connectivity index is 0.000000558. The predicted molar refractivity (Wildman–Crippen MR) is 290 cm³/mol. The van der Waals surface area contributed by atoms with E-state index in [1.165, 1.54) is 18.4 Å². The SMILES string of the molecule is C.C.C.CC.CC.COc1ccc(C)cc1NC(=O)OC1CC2CCCC(C1)N2CN.COc1ccc(C)cc1NC(=O)OC1CC2CCCC(C1)N2CNCc1ccccc1.O=Cc1ccccc1. The van der Waals surface area contributed by atoms with Gasteiger partial charge in [-0.05, 0) is 80.5 Å². The smallest absolute Gasteiger partial charge is 0.412 e. The molecule has 4 saturated heterocycles. The Labute approximate surface area is 422 Å². The number of fused-ring (bicyclic) bond motifs is 4. The van der Waals surface area contributed by atoms with Gasteiger partial charge in [0.05, 0.1) is 25.6 Å². The van der Waals surface area contributed by atoms with Gasteiger partial charge in [-0.1, -0.05) is 136 Å². The molecule has 4 aromatic carbocycles. The fourth-order valence-corrected chi connectivity index (χ4v) is 9.48. The quantitative estimate of drug-likeness (QED) is 0.100. The molecule has 13 heteroatoms. The Morgan fingerprint density at radius 3 is 1.39 bits per heavy atom. The second-order valence-electron chi connectivity index (χ2n) is 16.9. The number of piperidine rings is 4. The number of carbonyl (C=O) groups is 3. The highest BCUT2D eigenvalue weighted by molar-refractivity contribution is 5.87. The molecule has 4 unspecified atom stereocenters. The van der Waals surface area contributed by atoms with E-state index in [2.05, 4.69) is 50.0 Å². The molecule has 5 N–H and O–H groups in total. The van der Waals surface area contributed by atoms with Crippen LogP contribution in [0.5, 0.6) is 11.5 Å². The number of ether oxygens (including phenoxy) is 4. The number of hydrogen-bond acceptors (Lipinski definition) is 11. The molecule has 8 rings (SSSR count). The first-order valence-electron chi connectivity index (χ1n) is 24.4. The number of aryl methyl sites for hydroxylation is 2. The topological polar surface area (TPSA) is 157 Å². The summed E-state index contributed by atoms with van der Waals surface area (Å²) >= 11 is 0. The monoisotopic (exact) mass is 971 g/mol. The van der Waals surface area contributed by atoms with Crippen LogP contribution in [0.3, 0.4) is 0 Å². The molecule has 70 heavy (non-hydrogen) atoms. The van der Waals surface area contributed by atoms with Crippen molar-refractivity contribution < 1.29 is 33.3 Å². The van der Waals surface area contributed by atoms with Crippen LogP contribution in [-0.2, 0) is 16.0 Å². The second-order valence-corrected chi connectivity index (χ2v) is 16.9. The summed E-state index contributed by atoms with van der Waals surface area (Å²) in [6.45, 7) is 14.3. The number of nitrogens with one attached hydrogen (secondary N) is 3. The number of methoxy groups -OCH3 is 2. The molecule has 390 valence electrons. The molecule has 4 aliphatic heterocycles. The molecule has 4 heterocycles. The van der Waals surface area contributed by atoms with E-state index in [-0.39, 0.29) is 34.5 Å². The van der Waals surface area contributed by atoms with E-state index < -0.39 is 12.2 Å². The van der Waals surface area contributed by atoms with Crippen LogP contribution < -0.4 is 31.2 Å². The second kappa shape index (κ2) is 34.0. The first kappa shape index (κ1) is 62.5. The largest absolute Gasteiger partial charge is 0.495 e. The van der Waals surface area contributed by atoms with Crippen molar-refractivity contribution in [3.05, 3.63) is 119 Å². The van der Waals surface area contributed by atoms with Gasteiger partial charge in [0.1, 0.15) is 30.0 Å². The van der Waals surface area contributed by atoms with Crippen LogP contribution in [0.2, 0.25) is 0 Å². The molecular formula is C57H90N6O7. The van der Waals surface area contributed by atoms with Crippen LogP contribution in [0.25, 0.3) is 0 Å². The zero-order valence-electron chi connectivity index (χ0n) is 41.3. The van der Waals surface area contributed by atoms with Crippen molar-refractivity contribution in [3.8, 4) is 11.5 Å². The van der Waals surface area contributed by atoms with Crippen molar-refractivity contribution in [2.75, 3.05) is 38.2 Å². The molecule has 0 aliphatic carbocycles. The Morgan fingerprint density at radius 1 is 0.614 bits per heavy atom. The molecule has 4 atom stereocenters. The van der Waals surface area contributed by atoms with Crippen LogP contribution in [-0.4, -0.2) is 92.2 Å². The lowest BCUT2D eigenvalue weighted by molar-refractivity contribution is -0.0341. The number of nitrogens with two attached hydrogens (primary N) is 1. The van der Waals surface area contributed by atoms with Gasteiger partial charge < -0.3 is 30.0 Å². The van der Waals surface area contributed by atoms with Gasteiger partial charge >= 0.3 is 12.2 Å². The van der Waals surface area contributed by atoms with Crippen molar-refractivity contribution in [2.24, 2.45) is 5.73 Å². The van der Waals surface area contributed by atoms with Gasteiger partial charge in [0.15, 0.2) is 0 Å². The Bertz CT molecular complexity index is 2030. The van der Waals surface area contributed by atoms with Gasteiger partial charge in [0.2, 0.25) is 0 Å². The summed E-state index contributed by atoms with van der Waals surface area (Å²) in [6, 6.07) is 32.8. The average Bonchev–Trinajstić information content (AvgIpc) is 3.34. The highest BCUT2D eigenvalue weighted by atomic mass is 16.6. The fraction of sp³-hybridized carbons (Fsp3) is 0.526. The number of rotatable bonds is 12. The number of anilines is 2. The average molecular weight is 971 g/mol. The first-order chi connectivity index (χ1) is 32.7. The van der Waals surface area contributed by atoms with Gasteiger partial charge in [0.25, 0.3) is 0 Å². The molecule has 4 aliphatic rings.